The molecule has 4 N–H and O–H groups in total. The minimum Gasteiger partial charge on any atom is -0.444 e. The third-order valence-corrected chi connectivity index (χ3v) is 6.37. The van der Waals surface area contributed by atoms with Gasteiger partial charge in [-0.1, -0.05) is 43.3 Å². The van der Waals surface area contributed by atoms with Crippen molar-refractivity contribution >= 4 is 29.5 Å². The number of aryl methyl sites for hydroxylation is 3. The van der Waals surface area contributed by atoms with Crippen LogP contribution in [0.1, 0.15) is 74.4 Å². The number of primary amides is 1. The number of carbonyl (C=O) groups is 4. The summed E-state index contributed by atoms with van der Waals surface area (Å²) in [6, 6.07) is 8.95. The number of rotatable bonds is 10. The Kier molecular flexibility index (Phi) is 10.7. The molecule has 9 nitrogen and oxygen atoms in total. The maximum absolute atomic E-state index is 14.0. The number of para-hydroxylation sites is 1. The number of hydrogen-bond acceptors (Lipinski definition) is 5. The zero-order valence-electron chi connectivity index (χ0n) is 24.3. The fourth-order valence-electron chi connectivity index (χ4n) is 4.38. The molecule has 0 heterocycles. The molecule has 0 aliphatic rings. The number of hydrogen-bond donors (Lipinski definition) is 3. The number of nitrogens with zero attached hydrogens (tertiary/aromatic N) is 1. The Morgan fingerprint density at radius 3 is 2.05 bits per heavy atom. The molecule has 2 unspecified atom stereocenters. The molecule has 0 saturated heterocycles. The van der Waals surface area contributed by atoms with E-state index in [1.54, 1.807) is 20.8 Å². The molecule has 0 saturated carbocycles. The lowest BCUT2D eigenvalue weighted by Gasteiger charge is -2.35. The largest absolute Gasteiger partial charge is 0.444 e. The first-order valence-electron chi connectivity index (χ1n) is 13.2. The Morgan fingerprint density at radius 2 is 1.51 bits per heavy atom. The van der Waals surface area contributed by atoms with Crippen LogP contribution in [0.5, 0.6) is 0 Å². The van der Waals surface area contributed by atoms with Gasteiger partial charge in [0, 0.05) is 12.2 Å². The third kappa shape index (κ3) is 8.56. The summed E-state index contributed by atoms with van der Waals surface area (Å²) in [6.45, 7) is 14.8. The minimum atomic E-state index is -1.32. The fourth-order valence-corrected chi connectivity index (χ4v) is 4.38. The summed E-state index contributed by atoms with van der Waals surface area (Å²) in [5.41, 5.74) is 9.54. The Labute approximate surface area is 231 Å². The highest BCUT2D eigenvalue weighted by atomic mass is 16.6. The van der Waals surface area contributed by atoms with Gasteiger partial charge in [0.2, 0.25) is 11.8 Å². The lowest BCUT2D eigenvalue weighted by Crippen LogP contribution is -2.53. The number of alkyl carbamates (subject to hydrolysis) is 1. The molecule has 0 radical (unpaired) electrons. The van der Waals surface area contributed by atoms with Crippen LogP contribution in [0.4, 0.5) is 10.5 Å². The number of amides is 4. The normalized spacial score (nSPS) is 12.7. The van der Waals surface area contributed by atoms with E-state index in [0.29, 0.717) is 17.7 Å². The molecular weight excluding hydrogens is 496 g/mol. The molecule has 2 aromatic carbocycles. The predicted octanol–water partition coefficient (Wildman–Crippen LogP) is 4.61. The van der Waals surface area contributed by atoms with E-state index in [0.717, 1.165) is 22.3 Å². The summed E-state index contributed by atoms with van der Waals surface area (Å²) in [5, 5.41) is 5.53. The van der Waals surface area contributed by atoms with Gasteiger partial charge in [-0.05, 0) is 82.7 Å². The van der Waals surface area contributed by atoms with Crippen LogP contribution in [-0.4, -0.2) is 46.9 Å². The summed E-state index contributed by atoms with van der Waals surface area (Å²) in [6.07, 6.45) is -0.780. The molecular formula is C30H42N4O5. The average Bonchev–Trinajstić information content (AvgIpc) is 2.81. The van der Waals surface area contributed by atoms with Crippen LogP contribution in [0.15, 0.2) is 36.4 Å². The van der Waals surface area contributed by atoms with Gasteiger partial charge < -0.3 is 26.0 Å². The van der Waals surface area contributed by atoms with Crippen LogP contribution in [0.3, 0.4) is 0 Å². The first-order valence-corrected chi connectivity index (χ1v) is 13.2. The van der Waals surface area contributed by atoms with Gasteiger partial charge in [-0.15, -0.1) is 0 Å². The molecule has 0 spiro atoms. The Balaban J connectivity index is 2.61. The molecule has 9 heteroatoms. The van der Waals surface area contributed by atoms with Crippen LogP contribution in [0.2, 0.25) is 0 Å². The second-order valence-corrected chi connectivity index (χ2v) is 10.8. The summed E-state index contributed by atoms with van der Waals surface area (Å²) < 4.78 is 5.32. The highest BCUT2D eigenvalue weighted by Crippen LogP contribution is 2.30. The Bertz CT molecular complexity index is 1200. The van der Waals surface area contributed by atoms with Crippen LogP contribution >= 0.6 is 0 Å². The topological polar surface area (TPSA) is 131 Å². The second-order valence-electron chi connectivity index (χ2n) is 10.8. The van der Waals surface area contributed by atoms with E-state index in [1.807, 2.05) is 71.0 Å². The predicted molar refractivity (Wildman–Crippen MR) is 152 cm³/mol. The fraction of sp³-hybridized carbons (Fsp3) is 0.467. The standard InChI is InChI=1S/C30H42N4O5/c1-9-16-34(28(37)23(17-24(31)35)32-29(38)39-30(6,7)8)26(22-15-11-12-18(2)21(22)5)27(36)33-25-19(3)13-10-14-20(25)4/h10-15,23,26H,9,16-17H2,1-8H3,(H2,31,35)(H,32,38)(H,33,36). The monoisotopic (exact) mass is 538 g/mol. The zero-order chi connectivity index (χ0) is 29.5. The highest BCUT2D eigenvalue weighted by Gasteiger charge is 2.37. The molecule has 39 heavy (non-hydrogen) atoms. The summed E-state index contributed by atoms with van der Waals surface area (Å²) in [7, 11) is 0. The van der Waals surface area contributed by atoms with Crippen LogP contribution in [0, 0.1) is 27.7 Å². The molecule has 2 atom stereocenters. The molecule has 212 valence electrons. The van der Waals surface area contributed by atoms with Gasteiger partial charge in [-0.25, -0.2) is 4.79 Å². The molecule has 2 rings (SSSR count). The van der Waals surface area contributed by atoms with Gasteiger partial charge in [-0.2, -0.15) is 0 Å². The van der Waals surface area contributed by atoms with Crippen molar-refractivity contribution in [2.24, 2.45) is 5.73 Å². The maximum atomic E-state index is 14.0. The van der Waals surface area contributed by atoms with Crippen molar-refractivity contribution in [2.45, 2.75) is 85.9 Å². The molecule has 0 aromatic heterocycles. The number of nitrogens with two attached hydrogens (primary N) is 1. The molecule has 4 amide bonds. The zero-order valence-corrected chi connectivity index (χ0v) is 24.3. The van der Waals surface area contributed by atoms with Crippen LogP contribution in [-0.2, 0) is 19.1 Å². The molecule has 0 aliphatic heterocycles. The summed E-state index contributed by atoms with van der Waals surface area (Å²) >= 11 is 0. The summed E-state index contributed by atoms with van der Waals surface area (Å²) in [4.78, 5) is 54.0. The molecule has 0 bridgehead atoms. The van der Waals surface area contributed by atoms with Crippen molar-refractivity contribution in [3.8, 4) is 0 Å². The second kappa shape index (κ2) is 13.3. The Hall–Kier alpha value is -3.88. The summed E-state index contributed by atoms with van der Waals surface area (Å²) in [5.74, 6) is -1.79. The van der Waals surface area contributed by atoms with Gasteiger partial charge >= 0.3 is 6.09 Å². The first kappa shape index (κ1) is 31.3. The van der Waals surface area contributed by atoms with Crippen molar-refractivity contribution < 1.29 is 23.9 Å². The van der Waals surface area contributed by atoms with Crippen molar-refractivity contribution in [2.75, 3.05) is 11.9 Å². The molecule has 2 aromatic rings. The first-order chi connectivity index (χ1) is 18.2. The van der Waals surface area contributed by atoms with E-state index >= 15 is 0 Å². The number of ether oxygens (including phenoxy) is 1. The third-order valence-electron chi connectivity index (χ3n) is 6.37. The molecule has 0 fully saturated rings. The number of nitrogens with one attached hydrogen (secondary N) is 2. The van der Waals surface area contributed by atoms with E-state index in [9.17, 15) is 19.2 Å². The quantitative estimate of drug-likeness (QED) is 0.407. The minimum absolute atomic E-state index is 0.197. The van der Waals surface area contributed by atoms with E-state index in [2.05, 4.69) is 10.6 Å². The van der Waals surface area contributed by atoms with E-state index in [-0.39, 0.29) is 6.54 Å². The number of carbonyl (C=O) groups excluding carboxylic acids is 4. The smallest absolute Gasteiger partial charge is 0.408 e. The van der Waals surface area contributed by atoms with Crippen molar-refractivity contribution in [3.05, 3.63) is 64.2 Å². The van der Waals surface area contributed by atoms with Gasteiger partial charge in [0.05, 0.1) is 6.42 Å². The van der Waals surface area contributed by atoms with E-state index < -0.39 is 47.9 Å². The SMILES string of the molecule is CCCN(C(=O)C(CC(N)=O)NC(=O)OC(C)(C)C)C(C(=O)Nc1c(C)cccc1C)c1cccc(C)c1C. The average molecular weight is 539 g/mol. The van der Waals surface area contributed by atoms with Crippen LogP contribution in [0.25, 0.3) is 0 Å². The van der Waals surface area contributed by atoms with E-state index in [1.165, 1.54) is 4.90 Å². The lowest BCUT2D eigenvalue weighted by atomic mass is 9.94. The maximum Gasteiger partial charge on any atom is 0.408 e. The van der Waals surface area contributed by atoms with Crippen molar-refractivity contribution in [1.82, 2.24) is 10.2 Å². The van der Waals surface area contributed by atoms with Gasteiger partial charge in [0.15, 0.2) is 0 Å². The van der Waals surface area contributed by atoms with E-state index in [4.69, 9.17) is 10.5 Å². The number of benzene rings is 2. The van der Waals surface area contributed by atoms with Gasteiger partial charge in [0.25, 0.3) is 5.91 Å². The molecule has 0 aliphatic carbocycles. The van der Waals surface area contributed by atoms with Gasteiger partial charge in [0.1, 0.15) is 17.7 Å². The van der Waals surface area contributed by atoms with Crippen molar-refractivity contribution in [3.63, 3.8) is 0 Å². The van der Waals surface area contributed by atoms with Crippen LogP contribution < -0.4 is 16.4 Å². The van der Waals surface area contributed by atoms with Gasteiger partial charge in [-0.3, -0.25) is 14.4 Å². The Morgan fingerprint density at radius 1 is 0.949 bits per heavy atom. The lowest BCUT2D eigenvalue weighted by molar-refractivity contribution is -0.141. The highest BCUT2D eigenvalue weighted by molar-refractivity contribution is 6.00. The number of anilines is 1. The van der Waals surface area contributed by atoms with Crippen molar-refractivity contribution in [1.29, 1.82) is 0 Å².